The highest BCUT2D eigenvalue weighted by Gasteiger charge is 2.26. The molecular weight excluding hydrogens is 182 g/mol. The maximum absolute atomic E-state index is 2.27. The predicted molar refractivity (Wildman–Crippen MR) is 64.3 cm³/mol. The third kappa shape index (κ3) is 0.953. The van der Waals surface area contributed by atoms with E-state index in [1.165, 1.54) is 33.3 Å². The zero-order chi connectivity index (χ0) is 10.6. The van der Waals surface area contributed by atoms with Gasteiger partial charge < -0.3 is 0 Å². The summed E-state index contributed by atoms with van der Waals surface area (Å²) in [7, 11) is 2.14. The van der Waals surface area contributed by atoms with Crippen molar-refractivity contribution in [3.63, 3.8) is 0 Å². The molecular formula is C14H14N+. The van der Waals surface area contributed by atoms with E-state index in [9.17, 15) is 0 Å². The lowest BCUT2D eigenvalue weighted by atomic mass is 9.99. The van der Waals surface area contributed by atoms with E-state index >= 15 is 0 Å². The lowest BCUT2D eigenvalue weighted by Gasteiger charge is -2.01. The van der Waals surface area contributed by atoms with Crippen molar-refractivity contribution >= 4 is 22.2 Å². The Morgan fingerprint density at radius 2 is 1.80 bits per heavy atom. The Hall–Kier alpha value is -1.63. The smallest absolute Gasteiger partial charge is 0.198 e. The zero-order valence-electron chi connectivity index (χ0n) is 9.33. The molecule has 0 atom stereocenters. The fraction of sp³-hybridized carbons (Fsp3) is 0.214. The second-order valence-corrected chi connectivity index (χ2v) is 4.27. The average molecular weight is 196 g/mol. The van der Waals surface area contributed by atoms with Gasteiger partial charge in [0.1, 0.15) is 7.05 Å². The fourth-order valence-corrected chi connectivity index (χ4v) is 2.48. The van der Waals surface area contributed by atoms with Crippen LogP contribution in [-0.4, -0.2) is 17.3 Å². The van der Waals surface area contributed by atoms with E-state index < -0.39 is 0 Å². The van der Waals surface area contributed by atoms with Crippen LogP contribution in [0.5, 0.6) is 0 Å². The summed E-state index contributed by atoms with van der Waals surface area (Å²) in [5, 5.41) is 2.80. The van der Waals surface area contributed by atoms with E-state index in [-0.39, 0.29) is 0 Å². The van der Waals surface area contributed by atoms with Crippen LogP contribution in [0.1, 0.15) is 18.1 Å². The van der Waals surface area contributed by atoms with Gasteiger partial charge in [-0.15, -0.1) is 0 Å². The Morgan fingerprint density at radius 3 is 2.60 bits per heavy atom. The minimum absolute atomic E-state index is 1.34. The highest BCUT2D eigenvalue weighted by molar-refractivity contribution is 6.15. The topological polar surface area (TPSA) is 3.01 Å². The number of rotatable bonds is 0. The molecule has 0 spiro atoms. The van der Waals surface area contributed by atoms with Crippen LogP contribution in [0.25, 0.3) is 10.8 Å². The molecule has 1 nitrogen and oxygen atoms in total. The molecule has 3 rings (SSSR count). The molecule has 2 aromatic carbocycles. The Balaban J connectivity index is 2.59. The van der Waals surface area contributed by atoms with Gasteiger partial charge in [0, 0.05) is 13.0 Å². The lowest BCUT2D eigenvalue weighted by molar-refractivity contribution is -0.400. The van der Waals surface area contributed by atoms with E-state index in [2.05, 4.69) is 55.8 Å². The second kappa shape index (κ2) is 2.69. The van der Waals surface area contributed by atoms with E-state index in [0.717, 1.165) is 0 Å². The van der Waals surface area contributed by atoms with Crippen LogP contribution in [-0.2, 0) is 0 Å². The first-order valence-corrected chi connectivity index (χ1v) is 5.30. The Bertz CT molecular complexity index is 588. The molecule has 0 N–H and O–H groups in total. The van der Waals surface area contributed by atoms with Crippen LogP contribution in [0.2, 0.25) is 0 Å². The summed E-state index contributed by atoms with van der Waals surface area (Å²) in [6.07, 6.45) is 0. The quantitative estimate of drug-likeness (QED) is 0.569. The monoisotopic (exact) mass is 196 g/mol. The number of nitrogens with zero attached hydrogens (tertiary/aromatic N) is 1. The average Bonchev–Trinajstić information content (AvgIpc) is 2.50. The normalized spacial score (nSPS) is 14.1. The standard InChI is InChI=1S/C14H14N/c1-9-7-8-13-14-11(9)5-4-6-12(14)10(2)15(13)3/h4-8H,1-3H3/q+1. The first-order chi connectivity index (χ1) is 7.20. The molecule has 0 amide bonds. The number of aryl methyl sites for hydroxylation is 1. The van der Waals surface area contributed by atoms with Crippen LogP contribution in [0.4, 0.5) is 5.69 Å². The van der Waals surface area contributed by atoms with Gasteiger partial charge in [-0.1, -0.05) is 18.2 Å². The van der Waals surface area contributed by atoms with Gasteiger partial charge in [-0.25, -0.2) is 0 Å². The lowest BCUT2D eigenvalue weighted by Crippen LogP contribution is -2.03. The minimum Gasteiger partial charge on any atom is -0.198 e. The largest absolute Gasteiger partial charge is 0.213 e. The molecule has 0 radical (unpaired) electrons. The minimum atomic E-state index is 1.34. The van der Waals surface area contributed by atoms with Crippen LogP contribution < -0.4 is 0 Å². The number of benzene rings is 2. The summed E-state index contributed by atoms with van der Waals surface area (Å²) in [6.45, 7) is 4.36. The molecule has 0 aromatic heterocycles. The summed E-state index contributed by atoms with van der Waals surface area (Å²) < 4.78 is 2.27. The van der Waals surface area contributed by atoms with E-state index in [1.54, 1.807) is 0 Å². The Kier molecular flexibility index (Phi) is 1.55. The molecule has 15 heavy (non-hydrogen) atoms. The van der Waals surface area contributed by atoms with Crippen LogP contribution in [0.15, 0.2) is 30.3 Å². The summed E-state index contributed by atoms with van der Waals surface area (Å²) in [5.41, 5.74) is 5.43. The van der Waals surface area contributed by atoms with Crippen molar-refractivity contribution in [3.05, 3.63) is 41.5 Å². The SMILES string of the molecule is CC1=[N+](C)c2ccc(C)c3cccc1c23. The maximum atomic E-state index is 2.27. The Labute approximate surface area is 89.7 Å². The van der Waals surface area contributed by atoms with Crippen molar-refractivity contribution in [2.75, 3.05) is 7.05 Å². The molecule has 2 aromatic rings. The van der Waals surface area contributed by atoms with Crippen molar-refractivity contribution < 1.29 is 4.58 Å². The molecule has 74 valence electrons. The summed E-state index contributed by atoms with van der Waals surface area (Å²) in [6, 6.07) is 11.0. The van der Waals surface area contributed by atoms with E-state index in [4.69, 9.17) is 0 Å². The molecule has 1 heterocycles. The molecule has 0 aliphatic carbocycles. The van der Waals surface area contributed by atoms with Crippen LogP contribution >= 0.6 is 0 Å². The van der Waals surface area contributed by atoms with Gasteiger partial charge in [-0.3, -0.25) is 0 Å². The maximum Gasteiger partial charge on any atom is 0.213 e. The van der Waals surface area contributed by atoms with Gasteiger partial charge in [-0.2, -0.15) is 4.58 Å². The summed E-state index contributed by atoms with van der Waals surface area (Å²) in [5.74, 6) is 0. The first kappa shape index (κ1) is 8.66. The first-order valence-electron chi connectivity index (χ1n) is 5.30. The number of hydrogen-bond acceptors (Lipinski definition) is 0. The molecule has 0 unspecified atom stereocenters. The predicted octanol–water partition coefficient (Wildman–Crippen LogP) is 3.24. The van der Waals surface area contributed by atoms with E-state index in [1.807, 2.05) is 0 Å². The third-order valence-electron chi connectivity index (χ3n) is 3.49. The molecule has 1 heteroatoms. The van der Waals surface area contributed by atoms with Crippen molar-refractivity contribution in [1.82, 2.24) is 0 Å². The van der Waals surface area contributed by atoms with Gasteiger partial charge in [0.15, 0.2) is 5.71 Å². The van der Waals surface area contributed by atoms with Crippen LogP contribution in [0.3, 0.4) is 0 Å². The molecule has 0 bridgehead atoms. The fourth-order valence-electron chi connectivity index (χ4n) is 2.48. The van der Waals surface area contributed by atoms with Crippen molar-refractivity contribution in [2.24, 2.45) is 0 Å². The molecule has 1 aliphatic heterocycles. The summed E-state index contributed by atoms with van der Waals surface area (Å²) >= 11 is 0. The Morgan fingerprint density at radius 1 is 1.00 bits per heavy atom. The van der Waals surface area contributed by atoms with Crippen molar-refractivity contribution in [3.8, 4) is 0 Å². The van der Waals surface area contributed by atoms with Gasteiger partial charge in [-0.05, 0) is 23.9 Å². The van der Waals surface area contributed by atoms with Crippen molar-refractivity contribution in [2.45, 2.75) is 13.8 Å². The molecule has 0 saturated heterocycles. The van der Waals surface area contributed by atoms with Gasteiger partial charge in [0.05, 0.1) is 10.9 Å². The highest BCUT2D eigenvalue weighted by Crippen LogP contribution is 2.35. The third-order valence-corrected chi connectivity index (χ3v) is 3.49. The van der Waals surface area contributed by atoms with Crippen LogP contribution in [0, 0.1) is 6.92 Å². The summed E-state index contributed by atoms with van der Waals surface area (Å²) in [4.78, 5) is 0. The zero-order valence-corrected chi connectivity index (χ0v) is 9.33. The van der Waals surface area contributed by atoms with Gasteiger partial charge in [0.25, 0.3) is 0 Å². The molecule has 0 fully saturated rings. The molecule has 1 aliphatic rings. The number of hydrogen-bond donors (Lipinski definition) is 0. The van der Waals surface area contributed by atoms with Gasteiger partial charge >= 0.3 is 0 Å². The van der Waals surface area contributed by atoms with Gasteiger partial charge in [0.2, 0.25) is 5.69 Å². The second-order valence-electron chi connectivity index (χ2n) is 4.27. The van der Waals surface area contributed by atoms with Crippen molar-refractivity contribution in [1.29, 1.82) is 0 Å². The molecule has 0 saturated carbocycles. The highest BCUT2D eigenvalue weighted by atomic mass is 15.0. The van der Waals surface area contributed by atoms with E-state index in [0.29, 0.717) is 0 Å².